The van der Waals surface area contributed by atoms with E-state index in [1.165, 1.54) is 12.1 Å². The molecule has 0 aliphatic rings. The molecule has 0 spiro atoms. The Hall–Kier alpha value is -3.34. The summed E-state index contributed by atoms with van der Waals surface area (Å²) in [6, 6.07) is 3.31. The molecule has 0 fully saturated rings. The normalized spacial score (nSPS) is 13.3. The number of ether oxygens (including phenoxy) is 6. The number of carbonyl (C=O) groups is 4. The predicted molar refractivity (Wildman–Crippen MR) is 142 cm³/mol. The van der Waals surface area contributed by atoms with E-state index in [1.54, 1.807) is 13.0 Å². The molecule has 220 valence electrons. The van der Waals surface area contributed by atoms with Crippen LogP contribution < -0.4 is 15.2 Å². The quantitative estimate of drug-likeness (QED) is 0.181. The van der Waals surface area contributed by atoms with Crippen LogP contribution in [0.5, 0.6) is 11.5 Å². The molecule has 11 heteroatoms. The first kappa shape index (κ1) is 33.7. The monoisotopic (exact) mass is 553 g/mol. The largest absolute Gasteiger partial charge is 0.513 e. The molecule has 39 heavy (non-hydrogen) atoms. The fraction of sp³-hybridized carbons (Fsp3) is 0.643. The van der Waals surface area contributed by atoms with E-state index in [2.05, 4.69) is 0 Å². The van der Waals surface area contributed by atoms with Gasteiger partial charge in [0.15, 0.2) is 11.5 Å². The molecule has 0 aromatic heterocycles. The second-order valence-electron chi connectivity index (χ2n) is 10.4. The molecule has 1 aromatic carbocycles. The number of rotatable bonds is 15. The maximum absolute atomic E-state index is 12.5. The van der Waals surface area contributed by atoms with Crippen LogP contribution in [0.3, 0.4) is 0 Å². The van der Waals surface area contributed by atoms with Gasteiger partial charge in [0.2, 0.25) is 0 Å². The van der Waals surface area contributed by atoms with E-state index in [9.17, 15) is 19.2 Å². The van der Waals surface area contributed by atoms with Crippen LogP contribution in [-0.4, -0.2) is 56.2 Å². The highest BCUT2D eigenvalue weighted by atomic mass is 16.7. The first-order valence-electron chi connectivity index (χ1n) is 13.2. The topological polar surface area (TPSA) is 150 Å². The first-order chi connectivity index (χ1) is 18.3. The molecule has 0 radical (unpaired) electrons. The molecule has 0 aliphatic heterocycles. The Morgan fingerprint density at radius 2 is 1.36 bits per heavy atom. The van der Waals surface area contributed by atoms with Gasteiger partial charge < -0.3 is 34.2 Å². The van der Waals surface area contributed by atoms with E-state index in [0.29, 0.717) is 12.0 Å². The highest BCUT2D eigenvalue weighted by Gasteiger charge is 2.22. The molecular weight excluding hydrogens is 510 g/mol. The number of nitrogens with two attached hydrogens (primary N) is 1. The zero-order valence-corrected chi connectivity index (χ0v) is 24.0. The van der Waals surface area contributed by atoms with Crippen LogP contribution in [-0.2, 0) is 35.0 Å². The Balaban J connectivity index is 2.84. The smallest absolute Gasteiger partial charge is 0.462 e. The van der Waals surface area contributed by atoms with Gasteiger partial charge in [0.05, 0.1) is 13.2 Å². The van der Waals surface area contributed by atoms with Crippen molar-refractivity contribution in [1.29, 1.82) is 0 Å². The number of benzene rings is 1. The molecule has 0 amide bonds. The predicted octanol–water partition coefficient (Wildman–Crippen LogP) is 4.81. The molecule has 3 atom stereocenters. The van der Waals surface area contributed by atoms with Crippen molar-refractivity contribution in [3.8, 4) is 11.5 Å². The Bertz CT molecular complexity index is 946. The molecule has 11 nitrogen and oxygen atoms in total. The summed E-state index contributed by atoms with van der Waals surface area (Å²) < 4.78 is 31.0. The molecule has 0 saturated heterocycles. The Labute approximate surface area is 230 Å². The third-order valence-electron chi connectivity index (χ3n) is 5.23. The van der Waals surface area contributed by atoms with E-state index in [-0.39, 0.29) is 61.5 Å². The average molecular weight is 554 g/mol. The van der Waals surface area contributed by atoms with Gasteiger partial charge in [-0.2, -0.15) is 0 Å². The molecular formula is C28H43NO10. The highest BCUT2D eigenvalue weighted by Crippen LogP contribution is 2.30. The molecule has 0 saturated carbocycles. The molecule has 2 N–H and O–H groups in total. The van der Waals surface area contributed by atoms with Crippen molar-refractivity contribution in [3.05, 3.63) is 23.8 Å². The summed E-state index contributed by atoms with van der Waals surface area (Å²) in [6.45, 7) is 13.2. The van der Waals surface area contributed by atoms with Crippen molar-refractivity contribution >= 4 is 24.2 Å². The van der Waals surface area contributed by atoms with Crippen LogP contribution >= 0.6 is 0 Å². The van der Waals surface area contributed by atoms with Crippen LogP contribution in [0.25, 0.3) is 0 Å². The van der Waals surface area contributed by atoms with Gasteiger partial charge in [0.1, 0.15) is 18.8 Å². The van der Waals surface area contributed by atoms with Gasteiger partial charge in [-0.05, 0) is 48.8 Å². The van der Waals surface area contributed by atoms with Crippen LogP contribution in [0.15, 0.2) is 18.2 Å². The molecule has 0 bridgehead atoms. The molecule has 1 aromatic rings. The van der Waals surface area contributed by atoms with Crippen LogP contribution in [0, 0.1) is 17.8 Å². The third kappa shape index (κ3) is 14.4. The summed E-state index contributed by atoms with van der Waals surface area (Å²) >= 11 is 0. The minimum absolute atomic E-state index is 0.0227. The summed E-state index contributed by atoms with van der Waals surface area (Å²) in [4.78, 5) is 48.6. The average Bonchev–Trinajstić information content (AvgIpc) is 2.86. The van der Waals surface area contributed by atoms with E-state index in [0.717, 1.165) is 6.42 Å². The van der Waals surface area contributed by atoms with E-state index in [1.807, 2.05) is 41.5 Å². The summed E-state index contributed by atoms with van der Waals surface area (Å²) in [6.07, 6.45) is -1.46. The van der Waals surface area contributed by atoms with Gasteiger partial charge in [-0.25, -0.2) is 9.59 Å². The van der Waals surface area contributed by atoms with Crippen molar-refractivity contribution in [1.82, 2.24) is 0 Å². The van der Waals surface area contributed by atoms with Gasteiger partial charge in [-0.1, -0.05) is 54.0 Å². The third-order valence-corrected chi connectivity index (χ3v) is 5.23. The molecule has 1 rings (SSSR count). The van der Waals surface area contributed by atoms with Gasteiger partial charge >= 0.3 is 24.2 Å². The second-order valence-corrected chi connectivity index (χ2v) is 10.4. The summed E-state index contributed by atoms with van der Waals surface area (Å²) in [5, 5.41) is 0. The van der Waals surface area contributed by atoms with Gasteiger partial charge in [-0.3, -0.25) is 9.59 Å². The SMILES string of the molecule is CCC(C)CC(=O)OC[C@H](C)OC(=O)[C@@H](N)Cc1ccc(OC(=O)OCC(C)C)c(OC(=O)OCC(C)C)c1. The van der Waals surface area contributed by atoms with E-state index >= 15 is 0 Å². The zero-order chi connectivity index (χ0) is 29.5. The fourth-order valence-electron chi connectivity index (χ4n) is 2.91. The second kappa shape index (κ2) is 17.3. The maximum Gasteiger partial charge on any atom is 0.513 e. The van der Waals surface area contributed by atoms with E-state index in [4.69, 9.17) is 34.2 Å². The zero-order valence-electron chi connectivity index (χ0n) is 24.0. The molecule has 0 heterocycles. The van der Waals surface area contributed by atoms with Crippen LogP contribution in [0.4, 0.5) is 9.59 Å². The Morgan fingerprint density at radius 3 is 1.90 bits per heavy atom. The van der Waals surface area contributed by atoms with Gasteiger partial charge in [0, 0.05) is 6.42 Å². The van der Waals surface area contributed by atoms with E-state index < -0.39 is 30.4 Å². The van der Waals surface area contributed by atoms with Crippen molar-refractivity contribution in [3.63, 3.8) is 0 Å². The lowest BCUT2D eigenvalue weighted by molar-refractivity contribution is -0.159. The number of carbonyl (C=O) groups excluding carboxylic acids is 4. The number of hydrogen-bond acceptors (Lipinski definition) is 11. The summed E-state index contributed by atoms with van der Waals surface area (Å²) in [5.41, 5.74) is 6.54. The highest BCUT2D eigenvalue weighted by molar-refractivity contribution is 5.76. The lowest BCUT2D eigenvalue weighted by Crippen LogP contribution is -2.37. The van der Waals surface area contributed by atoms with Crippen LogP contribution in [0.1, 0.15) is 66.9 Å². The Kier molecular flexibility index (Phi) is 14.9. The minimum atomic E-state index is -1.06. The van der Waals surface area contributed by atoms with Crippen molar-refractivity contribution in [2.45, 2.75) is 79.9 Å². The van der Waals surface area contributed by atoms with Gasteiger partial charge in [0.25, 0.3) is 0 Å². The lowest BCUT2D eigenvalue weighted by atomic mass is 10.1. The number of esters is 2. The standard InChI is InChI=1S/C28H43NO10/c1-8-19(6)11-25(30)34-16-20(7)37-26(31)22(29)12-21-9-10-23(38-27(32)35-14-17(2)3)24(13-21)39-28(33)36-15-18(4)5/h9-10,13,17-20,22H,8,11-12,14-16,29H2,1-7H3/t19?,20-,22-/m0/s1. The molecule has 0 aliphatic carbocycles. The lowest BCUT2D eigenvalue weighted by Gasteiger charge is -2.18. The van der Waals surface area contributed by atoms with Crippen molar-refractivity contribution < 1.29 is 47.6 Å². The van der Waals surface area contributed by atoms with Crippen molar-refractivity contribution in [2.75, 3.05) is 19.8 Å². The number of hydrogen-bond donors (Lipinski definition) is 1. The summed E-state index contributed by atoms with van der Waals surface area (Å²) in [7, 11) is 0. The summed E-state index contributed by atoms with van der Waals surface area (Å²) in [5.74, 6) is -0.841. The fourth-order valence-corrected chi connectivity index (χ4v) is 2.91. The van der Waals surface area contributed by atoms with Crippen molar-refractivity contribution in [2.24, 2.45) is 23.5 Å². The van der Waals surface area contributed by atoms with Gasteiger partial charge in [-0.15, -0.1) is 0 Å². The first-order valence-corrected chi connectivity index (χ1v) is 13.2. The maximum atomic E-state index is 12.5. The minimum Gasteiger partial charge on any atom is -0.462 e. The molecule has 1 unspecified atom stereocenters. The Morgan fingerprint density at radius 1 is 0.795 bits per heavy atom. The van der Waals surface area contributed by atoms with Crippen LogP contribution in [0.2, 0.25) is 0 Å².